The molecule has 2 aliphatic rings. The Balaban J connectivity index is 1.42. The molecule has 0 radical (unpaired) electrons. The van der Waals surface area contributed by atoms with Crippen molar-refractivity contribution >= 4 is 16.1 Å². The molecule has 0 aliphatic carbocycles. The standard InChI is InChI=1S/C30H39N5O7S/c1-32(2)43(37,38)35-15-5-4-12-34(30(36)24-8-10-26-28(22-24)42-20-19-41-26)14-6-13-33-16-11-31-29(33)23-7-9-25(39-3)27(21-23)40-18-17-35/h7-11,16,21-22H,4-6,12-15,17-20H2,1-3H3. The number of hydrogen-bond acceptors (Lipinski definition) is 8. The lowest BCUT2D eigenvalue weighted by Crippen LogP contribution is -2.42. The summed E-state index contributed by atoms with van der Waals surface area (Å²) in [6.45, 7) is 3.15. The average molecular weight is 614 g/mol. The van der Waals surface area contributed by atoms with Crippen molar-refractivity contribution in [1.29, 1.82) is 0 Å². The van der Waals surface area contributed by atoms with Gasteiger partial charge < -0.3 is 28.4 Å². The van der Waals surface area contributed by atoms with Crippen LogP contribution in [0.25, 0.3) is 11.4 Å². The summed E-state index contributed by atoms with van der Waals surface area (Å²) in [6, 6.07) is 10.9. The third-order valence-corrected chi connectivity index (χ3v) is 9.45. The summed E-state index contributed by atoms with van der Waals surface area (Å²) in [4.78, 5) is 20.1. The van der Waals surface area contributed by atoms with Gasteiger partial charge in [-0.1, -0.05) is 0 Å². The van der Waals surface area contributed by atoms with Crippen molar-refractivity contribution in [3.8, 4) is 34.4 Å². The van der Waals surface area contributed by atoms with Crippen LogP contribution in [-0.2, 0) is 16.8 Å². The summed E-state index contributed by atoms with van der Waals surface area (Å²) in [6.07, 6.45) is 5.57. The minimum absolute atomic E-state index is 0.105. The Morgan fingerprint density at radius 1 is 0.860 bits per heavy atom. The first kappa shape index (κ1) is 30.6. The minimum Gasteiger partial charge on any atom is -0.493 e. The molecule has 1 amide bonds. The summed E-state index contributed by atoms with van der Waals surface area (Å²) >= 11 is 0. The molecular weight excluding hydrogens is 574 g/mol. The van der Waals surface area contributed by atoms with Crippen LogP contribution < -0.4 is 18.9 Å². The van der Waals surface area contributed by atoms with Crippen molar-refractivity contribution < 1.29 is 32.2 Å². The highest BCUT2D eigenvalue weighted by atomic mass is 32.2. The monoisotopic (exact) mass is 613 g/mol. The number of ether oxygens (including phenoxy) is 4. The molecule has 5 rings (SSSR count). The second-order valence-corrected chi connectivity index (χ2v) is 12.7. The van der Waals surface area contributed by atoms with Crippen molar-refractivity contribution in [2.75, 3.05) is 67.2 Å². The molecule has 0 N–H and O–H groups in total. The summed E-state index contributed by atoms with van der Waals surface area (Å²) in [5.74, 6) is 2.92. The molecular formula is C30H39N5O7S. The number of carbonyl (C=O) groups is 1. The molecule has 2 aromatic carbocycles. The molecule has 0 spiro atoms. The molecule has 2 aliphatic heterocycles. The van der Waals surface area contributed by atoms with Crippen LogP contribution in [0.3, 0.4) is 0 Å². The number of benzene rings is 2. The third kappa shape index (κ3) is 7.06. The second kappa shape index (κ2) is 13.7. The van der Waals surface area contributed by atoms with Crippen LogP contribution in [-0.4, -0.2) is 105 Å². The molecule has 0 atom stereocenters. The van der Waals surface area contributed by atoms with E-state index in [9.17, 15) is 13.2 Å². The molecule has 0 saturated carbocycles. The number of aryl methyl sites for hydroxylation is 1. The zero-order valence-corrected chi connectivity index (χ0v) is 25.7. The van der Waals surface area contributed by atoms with E-state index in [0.717, 1.165) is 11.4 Å². The second-order valence-electron chi connectivity index (χ2n) is 10.6. The van der Waals surface area contributed by atoms with Gasteiger partial charge in [-0.2, -0.15) is 17.0 Å². The first-order chi connectivity index (χ1) is 20.8. The quantitative estimate of drug-likeness (QED) is 0.441. The molecule has 3 aromatic rings. The smallest absolute Gasteiger partial charge is 0.281 e. The average Bonchev–Trinajstić information content (AvgIpc) is 3.48. The highest BCUT2D eigenvalue weighted by Crippen LogP contribution is 2.33. The highest BCUT2D eigenvalue weighted by molar-refractivity contribution is 7.86. The Bertz CT molecular complexity index is 1520. The van der Waals surface area contributed by atoms with Gasteiger partial charge >= 0.3 is 0 Å². The lowest BCUT2D eigenvalue weighted by molar-refractivity contribution is 0.0746. The number of imidazole rings is 1. The Labute approximate surface area is 252 Å². The van der Waals surface area contributed by atoms with Crippen molar-refractivity contribution in [3.63, 3.8) is 0 Å². The van der Waals surface area contributed by atoms with Crippen LogP contribution in [0.15, 0.2) is 48.8 Å². The van der Waals surface area contributed by atoms with Crippen molar-refractivity contribution in [1.82, 2.24) is 23.1 Å². The first-order valence-corrected chi connectivity index (χ1v) is 15.9. The topological polar surface area (TPSA) is 116 Å². The van der Waals surface area contributed by atoms with Crippen LogP contribution in [0.2, 0.25) is 0 Å². The lowest BCUT2D eigenvalue weighted by Gasteiger charge is -2.27. The summed E-state index contributed by atoms with van der Waals surface area (Å²) in [5.41, 5.74) is 1.37. The van der Waals surface area contributed by atoms with Gasteiger partial charge in [-0.25, -0.2) is 4.98 Å². The third-order valence-electron chi connectivity index (χ3n) is 7.51. The molecule has 0 saturated heterocycles. The van der Waals surface area contributed by atoms with Gasteiger partial charge in [-0.3, -0.25) is 4.79 Å². The Morgan fingerprint density at radius 3 is 2.40 bits per heavy atom. The number of fused-ring (bicyclic) bond motifs is 5. The predicted octanol–water partition coefficient (Wildman–Crippen LogP) is 3.14. The van der Waals surface area contributed by atoms with Crippen molar-refractivity contribution in [3.05, 3.63) is 54.4 Å². The van der Waals surface area contributed by atoms with Gasteiger partial charge in [0.05, 0.1) is 7.11 Å². The molecule has 13 heteroatoms. The SMILES string of the molecule is COc1ccc2cc1OCCN(S(=O)(=O)N(C)C)CCCCN(C(=O)c1ccc3c(c1)OCCO3)CCCn1ccnc1-2. The summed E-state index contributed by atoms with van der Waals surface area (Å²) < 4.78 is 53.8. The maximum absolute atomic E-state index is 13.7. The van der Waals surface area contributed by atoms with E-state index in [2.05, 4.69) is 9.55 Å². The van der Waals surface area contributed by atoms with Crippen LogP contribution >= 0.6 is 0 Å². The van der Waals surface area contributed by atoms with E-state index in [1.165, 1.54) is 22.7 Å². The van der Waals surface area contributed by atoms with E-state index in [1.54, 1.807) is 31.5 Å². The minimum atomic E-state index is -3.69. The number of nitrogens with zero attached hydrogens (tertiary/aromatic N) is 5. The van der Waals surface area contributed by atoms with Gasteiger partial charge in [0.25, 0.3) is 16.1 Å². The highest BCUT2D eigenvalue weighted by Gasteiger charge is 2.25. The van der Waals surface area contributed by atoms with Crippen molar-refractivity contribution in [2.24, 2.45) is 0 Å². The Hall–Kier alpha value is -3.81. The number of aromatic nitrogens is 2. The molecule has 12 nitrogen and oxygen atoms in total. The molecule has 3 heterocycles. The van der Waals surface area contributed by atoms with Gasteiger partial charge in [0.15, 0.2) is 23.0 Å². The molecule has 232 valence electrons. The Morgan fingerprint density at radius 2 is 1.60 bits per heavy atom. The van der Waals surface area contributed by atoms with Crippen LogP contribution in [0.4, 0.5) is 0 Å². The van der Waals surface area contributed by atoms with E-state index in [4.69, 9.17) is 18.9 Å². The predicted molar refractivity (Wildman–Crippen MR) is 161 cm³/mol. The fourth-order valence-corrected chi connectivity index (χ4v) is 6.33. The van der Waals surface area contributed by atoms with Gasteiger partial charge in [-0.05, 0) is 55.7 Å². The zero-order chi connectivity index (χ0) is 30.4. The molecule has 0 fully saturated rings. The maximum Gasteiger partial charge on any atom is 0.281 e. The van der Waals surface area contributed by atoms with Crippen LogP contribution in [0.1, 0.15) is 29.6 Å². The lowest BCUT2D eigenvalue weighted by atomic mass is 10.1. The molecule has 1 aromatic heterocycles. The zero-order valence-electron chi connectivity index (χ0n) is 24.9. The normalized spacial score (nSPS) is 17.1. The number of carbonyl (C=O) groups excluding carboxylic acids is 1. The van der Waals surface area contributed by atoms with Gasteiger partial charge in [0.2, 0.25) is 0 Å². The first-order valence-electron chi connectivity index (χ1n) is 14.5. The number of rotatable bonds is 4. The Kier molecular flexibility index (Phi) is 9.73. The molecule has 0 unspecified atom stereocenters. The van der Waals surface area contributed by atoms with E-state index in [0.29, 0.717) is 87.2 Å². The van der Waals surface area contributed by atoms with Gasteiger partial charge in [0.1, 0.15) is 25.6 Å². The summed E-state index contributed by atoms with van der Waals surface area (Å²) in [7, 11) is 0.911. The van der Waals surface area contributed by atoms with E-state index in [-0.39, 0.29) is 19.1 Å². The van der Waals surface area contributed by atoms with E-state index in [1.807, 2.05) is 29.3 Å². The molecule has 2 bridgehead atoms. The summed E-state index contributed by atoms with van der Waals surface area (Å²) in [5, 5.41) is 0. The van der Waals surface area contributed by atoms with Crippen molar-refractivity contribution in [2.45, 2.75) is 25.8 Å². The van der Waals surface area contributed by atoms with Gasteiger partial charge in [-0.15, -0.1) is 0 Å². The maximum atomic E-state index is 13.7. The van der Waals surface area contributed by atoms with E-state index >= 15 is 0 Å². The number of methoxy groups -OCH3 is 1. The molecule has 43 heavy (non-hydrogen) atoms. The largest absolute Gasteiger partial charge is 0.493 e. The van der Waals surface area contributed by atoms with Gasteiger partial charge in [0, 0.05) is 70.3 Å². The van der Waals surface area contributed by atoms with Crippen LogP contribution in [0.5, 0.6) is 23.0 Å². The van der Waals surface area contributed by atoms with E-state index < -0.39 is 10.2 Å². The number of amides is 1. The fourth-order valence-electron chi connectivity index (χ4n) is 5.21. The number of hydrogen-bond donors (Lipinski definition) is 0. The van der Waals surface area contributed by atoms with Crippen LogP contribution in [0, 0.1) is 0 Å². The fraction of sp³-hybridized carbons (Fsp3) is 0.467.